The van der Waals surface area contributed by atoms with E-state index < -0.39 is 0 Å². The summed E-state index contributed by atoms with van der Waals surface area (Å²) in [4.78, 5) is 6.46. The molecular formula is C19H22N4O2S. The number of nitrogens with one attached hydrogen (secondary N) is 1. The van der Waals surface area contributed by atoms with Gasteiger partial charge >= 0.3 is 0 Å². The van der Waals surface area contributed by atoms with Gasteiger partial charge in [-0.1, -0.05) is 18.2 Å². The van der Waals surface area contributed by atoms with E-state index in [4.69, 9.17) is 21.4 Å². The van der Waals surface area contributed by atoms with Crippen molar-refractivity contribution in [2.75, 3.05) is 20.2 Å². The van der Waals surface area contributed by atoms with Crippen molar-refractivity contribution in [3.8, 4) is 5.75 Å². The molecule has 3 aromatic rings. The van der Waals surface area contributed by atoms with Gasteiger partial charge in [0, 0.05) is 6.54 Å². The van der Waals surface area contributed by atoms with Crippen molar-refractivity contribution < 1.29 is 9.15 Å². The first-order chi connectivity index (χ1) is 12.6. The second-order valence-electron chi connectivity index (χ2n) is 5.98. The quantitative estimate of drug-likeness (QED) is 0.608. The topological polar surface area (TPSA) is 59.2 Å². The Morgan fingerprint density at radius 2 is 2.04 bits per heavy atom. The Labute approximate surface area is 157 Å². The summed E-state index contributed by atoms with van der Waals surface area (Å²) in [6.45, 7) is 3.90. The van der Waals surface area contributed by atoms with Crippen LogP contribution in [0.1, 0.15) is 17.3 Å². The highest BCUT2D eigenvalue weighted by molar-refractivity contribution is 7.71. The normalized spacial score (nSPS) is 11.5. The lowest BCUT2D eigenvalue weighted by molar-refractivity contribution is 0.198. The number of H-pyrrole nitrogens is 1. The van der Waals surface area contributed by atoms with Crippen LogP contribution >= 0.6 is 12.2 Å². The third kappa shape index (κ3) is 5.18. The van der Waals surface area contributed by atoms with Gasteiger partial charge in [0.1, 0.15) is 29.7 Å². The standard InChI is InChI=1S/C19H22N4O2S/c1-15-8-9-17(25-15)10-11-18-20-19(26)23(21-18)14-22(2)12-13-24-16-6-4-3-5-7-16/h3-11H,12-14H2,1-2H3,(H,20,21,26). The van der Waals surface area contributed by atoms with Crippen LogP contribution in [0.2, 0.25) is 0 Å². The molecule has 1 N–H and O–H groups in total. The van der Waals surface area contributed by atoms with Crippen LogP contribution in [0.5, 0.6) is 5.75 Å². The number of benzene rings is 1. The summed E-state index contributed by atoms with van der Waals surface area (Å²) in [5.74, 6) is 3.23. The van der Waals surface area contributed by atoms with Crippen molar-refractivity contribution in [2.24, 2.45) is 0 Å². The van der Waals surface area contributed by atoms with Gasteiger partial charge in [0.15, 0.2) is 0 Å². The van der Waals surface area contributed by atoms with E-state index in [1.165, 1.54) is 0 Å². The second-order valence-corrected chi connectivity index (χ2v) is 6.35. The number of aryl methyl sites for hydroxylation is 1. The maximum atomic E-state index is 5.71. The zero-order valence-electron chi connectivity index (χ0n) is 14.9. The number of aromatic nitrogens is 3. The lowest BCUT2D eigenvalue weighted by Gasteiger charge is -2.17. The molecule has 0 spiro atoms. The van der Waals surface area contributed by atoms with Crippen LogP contribution in [0.25, 0.3) is 12.2 Å². The first kappa shape index (κ1) is 18.2. The minimum absolute atomic E-state index is 0.510. The molecule has 7 heteroatoms. The third-order valence-electron chi connectivity index (χ3n) is 3.73. The molecule has 6 nitrogen and oxygen atoms in total. The predicted molar refractivity (Wildman–Crippen MR) is 104 cm³/mol. The molecule has 0 saturated heterocycles. The van der Waals surface area contributed by atoms with Crippen molar-refractivity contribution >= 4 is 24.4 Å². The molecule has 0 aliphatic carbocycles. The van der Waals surface area contributed by atoms with E-state index in [-0.39, 0.29) is 0 Å². The highest BCUT2D eigenvalue weighted by Gasteiger charge is 2.04. The average molecular weight is 370 g/mol. The number of hydrogen-bond donors (Lipinski definition) is 1. The fourth-order valence-electron chi connectivity index (χ4n) is 2.40. The zero-order chi connectivity index (χ0) is 18.4. The SMILES string of the molecule is Cc1ccc(C=Cc2nc(=S)n(CN(C)CCOc3ccccc3)[nH]2)o1. The number of para-hydroxylation sites is 1. The fraction of sp³-hybridized carbons (Fsp3) is 0.263. The molecule has 0 saturated carbocycles. The van der Waals surface area contributed by atoms with Gasteiger partial charge in [-0.15, -0.1) is 0 Å². The van der Waals surface area contributed by atoms with Gasteiger partial charge in [0.05, 0.1) is 6.67 Å². The molecule has 0 unspecified atom stereocenters. The van der Waals surface area contributed by atoms with Gasteiger partial charge in [0.2, 0.25) is 4.77 Å². The van der Waals surface area contributed by atoms with Crippen LogP contribution in [0.3, 0.4) is 0 Å². The van der Waals surface area contributed by atoms with Gasteiger partial charge in [-0.2, -0.15) is 4.98 Å². The van der Waals surface area contributed by atoms with Gasteiger partial charge < -0.3 is 9.15 Å². The number of rotatable bonds is 8. The number of hydrogen-bond acceptors (Lipinski definition) is 5. The maximum absolute atomic E-state index is 5.71. The van der Waals surface area contributed by atoms with Gasteiger partial charge in [-0.25, -0.2) is 4.68 Å². The number of nitrogens with zero attached hydrogens (tertiary/aromatic N) is 3. The van der Waals surface area contributed by atoms with Crippen LogP contribution in [0.4, 0.5) is 0 Å². The lowest BCUT2D eigenvalue weighted by Crippen LogP contribution is -2.27. The van der Waals surface area contributed by atoms with E-state index in [1.54, 1.807) is 0 Å². The highest BCUT2D eigenvalue weighted by atomic mass is 32.1. The summed E-state index contributed by atoms with van der Waals surface area (Å²) in [7, 11) is 2.01. The highest BCUT2D eigenvalue weighted by Crippen LogP contribution is 2.10. The lowest BCUT2D eigenvalue weighted by atomic mass is 10.3. The molecular weight excluding hydrogens is 348 g/mol. The van der Waals surface area contributed by atoms with Crippen molar-refractivity contribution in [3.05, 3.63) is 64.6 Å². The molecule has 3 rings (SSSR count). The molecule has 1 aromatic carbocycles. The summed E-state index contributed by atoms with van der Waals surface area (Å²) in [6, 6.07) is 13.6. The van der Waals surface area contributed by atoms with Crippen LogP contribution in [-0.4, -0.2) is 39.9 Å². The Hall–Kier alpha value is -2.64. The van der Waals surface area contributed by atoms with Crippen LogP contribution in [0, 0.1) is 11.7 Å². The van der Waals surface area contributed by atoms with Crippen LogP contribution in [0.15, 0.2) is 46.9 Å². The van der Waals surface area contributed by atoms with E-state index in [9.17, 15) is 0 Å². The van der Waals surface area contributed by atoms with Crippen LogP contribution < -0.4 is 4.74 Å². The first-order valence-electron chi connectivity index (χ1n) is 8.38. The van der Waals surface area contributed by atoms with Crippen molar-refractivity contribution in [3.63, 3.8) is 0 Å². The predicted octanol–water partition coefficient (Wildman–Crippen LogP) is 3.98. The van der Waals surface area contributed by atoms with Gasteiger partial charge in [0.25, 0.3) is 0 Å². The first-order valence-corrected chi connectivity index (χ1v) is 8.79. The third-order valence-corrected chi connectivity index (χ3v) is 4.04. The molecule has 0 amide bonds. The van der Waals surface area contributed by atoms with Crippen molar-refractivity contribution in [1.29, 1.82) is 0 Å². The van der Waals surface area contributed by atoms with Gasteiger partial charge in [-0.05, 0) is 62.6 Å². The molecule has 0 atom stereocenters. The van der Waals surface area contributed by atoms with Crippen molar-refractivity contribution in [1.82, 2.24) is 19.7 Å². The summed E-state index contributed by atoms with van der Waals surface area (Å²) in [6.07, 6.45) is 3.71. The molecule has 0 aliphatic heterocycles. The smallest absolute Gasteiger partial charge is 0.217 e. The second kappa shape index (κ2) is 8.64. The Balaban J connectivity index is 1.52. The largest absolute Gasteiger partial charge is 0.492 e. The average Bonchev–Trinajstić information content (AvgIpc) is 3.20. The van der Waals surface area contributed by atoms with E-state index in [1.807, 2.05) is 73.3 Å². The summed E-state index contributed by atoms with van der Waals surface area (Å²) < 4.78 is 13.6. The summed E-state index contributed by atoms with van der Waals surface area (Å²) in [5, 5.41) is 3.19. The Kier molecular flexibility index (Phi) is 6.04. The summed E-state index contributed by atoms with van der Waals surface area (Å²) in [5.41, 5.74) is 0. The molecule has 136 valence electrons. The zero-order valence-corrected chi connectivity index (χ0v) is 15.7. The fourth-order valence-corrected chi connectivity index (χ4v) is 2.60. The number of aromatic amines is 1. The minimum atomic E-state index is 0.510. The Morgan fingerprint density at radius 3 is 2.77 bits per heavy atom. The van der Waals surface area contributed by atoms with E-state index in [0.717, 1.165) is 23.8 Å². The molecule has 2 heterocycles. The number of ether oxygens (including phenoxy) is 1. The van der Waals surface area contributed by atoms with E-state index >= 15 is 0 Å². The summed E-state index contributed by atoms with van der Waals surface area (Å²) >= 11 is 5.32. The minimum Gasteiger partial charge on any atom is -0.492 e. The van der Waals surface area contributed by atoms with Crippen LogP contribution in [-0.2, 0) is 6.67 Å². The Bertz CT molecular complexity index is 911. The molecule has 26 heavy (non-hydrogen) atoms. The molecule has 0 fully saturated rings. The number of furan rings is 1. The van der Waals surface area contributed by atoms with E-state index in [2.05, 4.69) is 15.0 Å². The molecule has 0 aliphatic rings. The maximum Gasteiger partial charge on any atom is 0.217 e. The van der Waals surface area contributed by atoms with Gasteiger partial charge in [-0.3, -0.25) is 10.00 Å². The van der Waals surface area contributed by atoms with E-state index in [0.29, 0.717) is 23.9 Å². The van der Waals surface area contributed by atoms with Crippen molar-refractivity contribution in [2.45, 2.75) is 13.6 Å². The monoisotopic (exact) mass is 370 g/mol. The molecule has 0 bridgehead atoms. The Morgan fingerprint density at radius 1 is 1.23 bits per heavy atom. The molecule has 2 aromatic heterocycles. The molecule has 0 radical (unpaired) electrons. The number of likely N-dealkylation sites (N-methyl/N-ethyl adjacent to an activating group) is 1.